The molecule has 2 amide bonds. The van der Waals surface area contributed by atoms with Crippen LogP contribution < -0.4 is 0 Å². The van der Waals surface area contributed by atoms with Crippen molar-refractivity contribution >= 4 is 23.5 Å². The lowest BCUT2D eigenvalue weighted by molar-refractivity contribution is -0.118. The van der Waals surface area contributed by atoms with Crippen molar-refractivity contribution < 1.29 is 9.63 Å². The van der Waals surface area contributed by atoms with Gasteiger partial charge in [-0.2, -0.15) is 5.06 Å². The van der Waals surface area contributed by atoms with Gasteiger partial charge in [0, 0.05) is 11.9 Å². The molecule has 1 rings (SSSR count). The lowest BCUT2D eigenvalue weighted by atomic mass is 10.2. The number of rotatable bonds is 6. The molecule has 0 spiro atoms. The van der Waals surface area contributed by atoms with Gasteiger partial charge in [-0.05, 0) is 6.42 Å². The Hall–Kier alpha value is -1.01. The van der Waals surface area contributed by atoms with Crippen molar-refractivity contribution in [3.8, 4) is 0 Å². The summed E-state index contributed by atoms with van der Waals surface area (Å²) in [5, 5.41) is 8.33. The molecule has 1 unspecified atom stereocenters. The van der Waals surface area contributed by atoms with Crippen LogP contribution in [0.1, 0.15) is 13.3 Å². The Balaban J connectivity index is 2.62. The van der Waals surface area contributed by atoms with E-state index in [0.717, 1.165) is 23.9 Å². The average molecular weight is 229 g/mol. The van der Waals surface area contributed by atoms with E-state index in [9.17, 15) is 4.79 Å². The Kier molecular flexibility index (Phi) is 4.64. The summed E-state index contributed by atoms with van der Waals surface area (Å²) in [4.78, 5) is 17.0. The maximum absolute atomic E-state index is 11.7. The summed E-state index contributed by atoms with van der Waals surface area (Å²) in [5.74, 6) is 0. The predicted molar refractivity (Wildman–Crippen MR) is 60.5 cm³/mol. The highest BCUT2D eigenvalue weighted by Gasteiger charge is 2.37. The number of hydroxylamine groups is 2. The van der Waals surface area contributed by atoms with E-state index in [-0.39, 0.29) is 12.1 Å². The largest absolute Gasteiger partial charge is 0.354 e. The molecule has 1 N–H and O–H groups in total. The molecule has 0 aliphatic carbocycles. The number of carbonyl (C=O) groups excluding carboxylic acids is 1. The van der Waals surface area contributed by atoms with E-state index in [1.807, 2.05) is 6.92 Å². The summed E-state index contributed by atoms with van der Waals surface area (Å²) >= 11 is 1.08. The zero-order valence-corrected chi connectivity index (χ0v) is 9.50. The highest BCUT2D eigenvalue weighted by atomic mass is 32.2. The number of urea groups is 1. The lowest BCUT2D eigenvalue weighted by Crippen LogP contribution is -2.34. The van der Waals surface area contributed by atoms with Gasteiger partial charge in [-0.1, -0.05) is 13.0 Å². The first-order valence-electron chi connectivity index (χ1n) is 4.74. The zero-order chi connectivity index (χ0) is 11.3. The third-order valence-electron chi connectivity index (χ3n) is 2.09. The maximum atomic E-state index is 11.7. The quantitative estimate of drug-likeness (QED) is 0.327. The molecule has 1 atom stereocenters. The number of hydrogen-bond acceptors (Lipinski definition) is 4. The lowest BCUT2D eigenvalue weighted by Gasteiger charge is -2.19. The first-order chi connectivity index (χ1) is 7.24. The molecule has 0 aromatic carbocycles. The van der Waals surface area contributed by atoms with Gasteiger partial charge in [0.25, 0.3) is 0 Å². The third kappa shape index (κ3) is 2.73. The topological polar surface area (TPSA) is 56.6 Å². The molecule has 1 fully saturated rings. The number of hydrogen-bond donors (Lipinski definition) is 1. The molecule has 0 aromatic rings. The van der Waals surface area contributed by atoms with Crippen molar-refractivity contribution in [2.45, 2.75) is 19.4 Å². The molecule has 0 aromatic heterocycles. The molecule has 0 radical (unpaired) electrons. The second-order valence-corrected chi connectivity index (χ2v) is 3.93. The molecular formula is C9H15N3O2S. The van der Waals surface area contributed by atoms with Crippen molar-refractivity contribution in [1.82, 2.24) is 9.37 Å². The first kappa shape index (κ1) is 12.1. The zero-order valence-electron chi connectivity index (χ0n) is 8.68. The van der Waals surface area contributed by atoms with Gasteiger partial charge in [-0.15, -0.1) is 6.58 Å². The van der Waals surface area contributed by atoms with Gasteiger partial charge in [-0.3, -0.25) is 9.14 Å². The van der Waals surface area contributed by atoms with Crippen LogP contribution in [0.15, 0.2) is 12.7 Å². The predicted octanol–water partition coefficient (Wildman–Crippen LogP) is 1.88. The standard InChI is InChI=1S/C9H15N3O2S/c1-3-5-14-12-8(4-2)6-11(9(12)13)15-7-10/h3,7-8,10H,1,4-6H2,2H3. The third-order valence-corrected chi connectivity index (χ3v) is 2.76. The summed E-state index contributed by atoms with van der Waals surface area (Å²) in [6.07, 6.45) is 2.43. The maximum Gasteiger partial charge on any atom is 0.354 e. The molecule has 15 heavy (non-hydrogen) atoms. The average Bonchev–Trinajstić information content (AvgIpc) is 2.54. The smallest absolute Gasteiger partial charge is 0.300 e. The molecule has 1 aliphatic rings. The van der Waals surface area contributed by atoms with Crippen LogP contribution in [0.5, 0.6) is 0 Å². The monoisotopic (exact) mass is 229 g/mol. The fourth-order valence-corrected chi connectivity index (χ4v) is 1.91. The Bertz CT molecular complexity index is 260. The molecule has 1 aliphatic heterocycles. The Morgan fingerprint density at radius 2 is 2.53 bits per heavy atom. The molecule has 0 saturated carbocycles. The van der Waals surface area contributed by atoms with Crippen molar-refractivity contribution in [3.63, 3.8) is 0 Å². The van der Waals surface area contributed by atoms with E-state index in [4.69, 9.17) is 10.2 Å². The molecule has 5 nitrogen and oxygen atoms in total. The molecule has 6 heteroatoms. The van der Waals surface area contributed by atoms with Crippen molar-refractivity contribution in [2.24, 2.45) is 0 Å². The van der Waals surface area contributed by atoms with Crippen LogP contribution in [-0.4, -0.2) is 40.1 Å². The van der Waals surface area contributed by atoms with Gasteiger partial charge in [0.15, 0.2) is 0 Å². The van der Waals surface area contributed by atoms with Crippen molar-refractivity contribution in [2.75, 3.05) is 13.2 Å². The second kappa shape index (κ2) is 5.77. The normalized spacial score (nSPS) is 20.9. The van der Waals surface area contributed by atoms with E-state index >= 15 is 0 Å². The van der Waals surface area contributed by atoms with E-state index in [2.05, 4.69) is 6.58 Å². The Labute approximate surface area is 93.7 Å². The van der Waals surface area contributed by atoms with E-state index < -0.39 is 0 Å². The van der Waals surface area contributed by atoms with Gasteiger partial charge in [0.05, 0.1) is 24.7 Å². The number of nitrogens with zero attached hydrogens (tertiary/aromatic N) is 2. The SMILES string of the molecule is C=CCON1C(=O)N(SC=N)CC1CC. The molecule has 84 valence electrons. The van der Waals surface area contributed by atoms with Crippen LogP contribution in [-0.2, 0) is 4.84 Å². The number of carbonyl (C=O) groups is 1. The van der Waals surface area contributed by atoms with Crippen molar-refractivity contribution in [3.05, 3.63) is 12.7 Å². The summed E-state index contributed by atoms with van der Waals surface area (Å²) in [6, 6.07) is -0.137. The molecule has 1 heterocycles. The molecule has 0 bridgehead atoms. The highest BCUT2D eigenvalue weighted by Crippen LogP contribution is 2.23. The minimum atomic E-state index is -0.197. The fraction of sp³-hybridized carbons (Fsp3) is 0.556. The minimum Gasteiger partial charge on any atom is -0.300 e. The minimum absolute atomic E-state index is 0.0601. The van der Waals surface area contributed by atoms with Crippen LogP contribution in [0.4, 0.5) is 4.79 Å². The van der Waals surface area contributed by atoms with Gasteiger partial charge < -0.3 is 5.41 Å². The number of amides is 2. The summed E-state index contributed by atoms with van der Waals surface area (Å²) in [6.45, 7) is 6.45. The van der Waals surface area contributed by atoms with Crippen LogP contribution in [0.3, 0.4) is 0 Å². The molecule has 1 saturated heterocycles. The van der Waals surface area contributed by atoms with Gasteiger partial charge in [0.1, 0.15) is 0 Å². The van der Waals surface area contributed by atoms with Gasteiger partial charge in [0.2, 0.25) is 0 Å². The fourth-order valence-electron chi connectivity index (χ4n) is 1.35. The highest BCUT2D eigenvalue weighted by molar-refractivity contribution is 8.10. The van der Waals surface area contributed by atoms with Crippen LogP contribution in [0.25, 0.3) is 0 Å². The summed E-state index contributed by atoms with van der Waals surface area (Å²) < 4.78 is 1.52. The van der Waals surface area contributed by atoms with Crippen molar-refractivity contribution in [1.29, 1.82) is 5.41 Å². The second-order valence-electron chi connectivity index (χ2n) is 3.04. The first-order valence-corrected chi connectivity index (χ1v) is 5.58. The van der Waals surface area contributed by atoms with Gasteiger partial charge >= 0.3 is 6.03 Å². The van der Waals surface area contributed by atoms with Crippen LogP contribution in [0.2, 0.25) is 0 Å². The Morgan fingerprint density at radius 1 is 1.80 bits per heavy atom. The van der Waals surface area contributed by atoms with Crippen LogP contribution >= 0.6 is 11.9 Å². The summed E-state index contributed by atoms with van der Waals surface area (Å²) in [7, 11) is 0. The van der Waals surface area contributed by atoms with E-state index in [1.54, 1.807) is 6.08 Å². The Morgan fingerprint density at radius 3 is 3.07 bits per heavy atom. The molecular weight excluding hydrogens is 214 g/mol. The number of nitrogens with one attached hydrogen (secondary N) is 1. The van der Waals surface area contributed by atoms with Gasteiger partial charge in [-0.25, -0.2) is 4.79 Å². The van der Waals surface area contributed by atoms with Crippen LogP contribution in [0, 0.1) is 5.41 Å². The summed E-state index contributed by atoms with van der Waals surface area (Å²) in [5.41, 5.74) is 1.14. The van der Waals surface area contributed by atoms with E-state index in [1.165, 1.54) is 9.37 Å². The van der Waals surface area contributed by atoms with E-state index in [0.29, 0.717) is 13.2 Å².